The maximum atomic E-state index is 13.0. The lowest BCUT2D eigenvalue weighted by atomic mass is 10.1. The van der Waals surface area contributed by atoms with Crippen LogP contribution in [-0.2, 0) is 16.0 Å². The van der Waals surface area contributed by atoms with E-state index >= 15 is 0 Å². The lowest BCUT2D eigenvalue weighted by molar-refractivity contribution is -0.129. The van der Waals surface area contributed by atoms with Crippen LogP contribution in [0.25, 0.3) is 0 Å². The van der Waals surface area contributed by atoms with Gasteiger partial charge in [0.2, 0.25) is 5.91 Å². The summed E-state index contributed by atoms with van der Waals surface area (Å²) in [7, 11) is 1.56. The Kier molecular flexibility index (Phi) is 6.13. The van der Waals surface area contributed by atoms with Gasteiger partial charge in [-0.3, -0.25) is 20.4 Å². The van der Waals surface area contributed by atoms with Crippen molar-refractivity contribution in [3.05, 3.63) is 59.9 Å². The van der Waals surface area contributed by atoms with Gasteiger partial charge in [0.1, 0.15) is 17.3 Å². The average Bonchev–Trinajstić information content (AvgIpc) is 2.59. The van der Waals surface area contributed by atoms with E-state index in [2.05, 4.69) is 10.9 Å². The molecular formula is C17H17FN2O4. The van der Waals surface area contributed by atoms with E-state index < -0.39 is 11.7 Å². The highest BCUT2D eigenvalue weighted by Crippen LogP contribution is 2.12. The van der Waals surface area contributed by atoms with Gasteiger partial charge >= 0.3 is 0 Å². The minimum Gasteiger partial charge on any atom is -0.497 e. The Hall–Kier alpha value is -3.09. The molecule has 0 aliphatic heterocycles. The summed E-state index contributed by atoms with van der Waals surface area (Å²) in [6.45, 7) is -0.341. The van der Waals surface area contributed by atoms with Crippen LogP contribution in [-0.4, -0.2) is 25.5 Å². The third kappa shape index (κ3) is 5.60. The van der Waals surface area contributed by atoms with Crippen LogP contribution in [0, 0.1) is 5.82 Å². The second-order valence-corrected chi connectivity index (χ2v) is 4.87. The van der Waals surface area contributed by atoms with Crippen molar-refractivity contribution in [1.82, 2.24) is 10.9 Å². The van der Waals surface area contributed by atoms with Crippen molar-refractivity contribution in [2.24, 2.45) is 0 Å². The molecule has 24 heavy (non-hydrogen) atoms. The smallest absolute Gasteiger partial charge is 0.276 e. The van der Waals surface area contributed by atoms with Gasteiger partial charge in [-0.15, -0.1) is 0 Å². The fraction of sp³-hybridized carbons (Fsp3) is 0.176. The van der Waals surface area contributed by atoms with Crippen molar-refractivity contribution in [1.29, 1.82) is 0 Å². The number of carbonyl (C=O) groups excluding carboxylic acids is 2. The topological polar surface area (TPSA) is 76.7 Å². The summed E-state index contributed by atoms with van der Waals surface area (Å²) in [4.78, 5) is 23.3. The van der Waals surface area contributed by atoms with Crippen LogP contribution in [0.1, 0.15) is 5.56 Å². The molecule has 0 saturated carbocycles. The molecule has 0 aliphatic rings. The van der Waals surface area contributed by atoms with Crippen LogP contribution in [0.5, 0.6) is 11.5 Å². The van der Waals surface area contributed by atoms with E-state index in [4.69, 9.17) is 9.47 Å². The Morgan fingerprint density at radius 2 is 1.71 bits per heavy atom. The van der Waals surface area contributed by atoms with E-state index in [1.807, 2.05) is 0 Å². The molecule has 7 heteroatoms. The van der Waals surface area contributed by atoms with Gasteiger partial charge in [-0.25, -0.2) is 4.39 Å². The van der Waals surface area contributed by atoms with Gasteiger partial charge in [0.15, 0.2) is 6.61 Å². The van der Waals surface area contributed by atoms with Crippen molar-refractivity contribution < 1.29 is 23.5 Å². The predicted octanol–water partition coefficient (Wildman–Crippen LogP) is 1.60. The summed E-state index contributed by atoms with van der Waals surface area (Å²) >= 11 is 0. The van der Waals surface area contributed by atoms with Gasteiger partial charge in [-0.2, -0.15) is 0 Å². The van der Waals surface area contributed by atoms with Gasteiger partial charge in [-0.05, 0) is 29.8 Å². The van der Waals surface area contributed by atoms with Gasteiger partial charge in [0, 0.05) is 6.07 Å². The Morgan fingerprint density at radius 3 is 2.38 bits per heavy atom. The Bertz CT molecular complexity index is 704. The van der Waals surface area contributed by atoms with Crippen LogP contribution in [0.4, 0.5) is 4.39 Å². The minimum absolute atomic E-state index is 0.106. The lowest BCUT2D eigenvalue weighted by Crippen LogP contribution is -2.44. The summed E-state index contributed by atoms with van der Waals surface area (Å²) in [5, 5.41) is 0. The highest BCUT2D eigenvalue weighted by atomic mass is 19.1. The zero-order valence-corrected chi connectivity index (χ0v) is 13.0. The number of halogens is 1. The molecule has 2 aromatic carbocycles. The highest BCUT2D eigenvalue weighted by Gasteiger charge is 2.07. The molecule has 2 amide bonds. The van der Waals surface area contributed by atoms with E-state index in [-0.39, 0.29) is 24.7 Å². The number of hydrogen-bond donors (Lipinski definition) is 2. The molecule has 0 spiro atoms. The van der Waals surface area contributed by atoms with Crippen molar-refractivity contribution in [3.63, 3.8) is 0 Å². The number of hydrazine groups is 1. The number of nitrogens with one attached hydrogen (secondary N) is 2. The molecule has 0 heterocycles. The fourth-order valence-electron chi connectivity index (χ4n) is 1.85. The largest absolute Gasteiger partial charge is 0.497 e. The molecule has 0 aliphatic carbocycles. The summed E-state index contributed by atoms with van der Waals surface area (Å²) in [6, 6.07) is 12.4. The third-order valence-corrected chi connectivity index (χ3v) is 3.03. The van der Waals surface area contributed by atoms with E-state index in [1.54, 1.807) is 31.4 Å². The average molecular weight is 332 g/mol. The molecule has 0 atom stereocenters. The molecule has 126 valence electrons. The lowest BCUT2D eigenvalue weighted by Gasteiger charge is -2.09. The predicted molar refractivity (Wildman–Crippen MR) is 84.9 cm³/mol. The van der Waals surface area contributed by atoms with Gasteiger partial charge in [-0.1, -0.05) is 18.2 Å². The van der Waals surface area contributed by atoms with Gasteiger partial charge in [0.05, 0.1) is 13.5 Å². The number of carbonyl (C=O) groups is 2. The first kappa shape index (κ1) is 17.3. The molecule has 6 nitrogen and oxygen atoms in total. The highest BCUT2D eigenvalue weighted by molar-refractivity contribution is 5.83. The van der Waals surface area contributed by atoms with Crippen LogP contribution >= 0.6 is 0 Å². The van der Waals surface area contributed by atoms with Crippen LogP contribution < -0.4 is 20.3 Å². The Morgan fingerprint density at radius 1 is 1.00 bits per heavy atom. The van der Waals surface area contributed by atoms with Crippen LogP contribution in [0.3, 0.4) is 0 Å². The first-order valence-electron chi connectivity index (χ1n) is 7.16. The molecule has 0 unspecified atom stereocenters. The molecule has 2 rings (SSSR count). The standard InChI is InChI=1S/C17H17FN2O4/c1-23-14-7-5-12(6-8-14)9-16(21)19-20-17(22)11-24-15-4-2-3-13(18)10-15/h2-8,10H,9,11H2,1H3,(H,19,21)(H,20,22). The van der Waals surface area contributed by atoms with E-state index in [0.29, 0.717) is 5.75 Å². The number of methoxy groups -OCH3 is 1. The summed E-state index contributed by atoms with van der Waals surface area (Å²) in [6.07, 6.45) is 0.106. The van der Waals surface area contributed by atoms with Crippen molar-refractivity contribution in [3.8, 4) is 11.5 Å². The van der Waals surface area contributed by atoms with Crippen molar-refractivity contribution >= 4 is 11.8 Å². The maximum absolute atomic E-state index is 13.0. The Labute approximate surface area is 138 Å². The number of rotatable bonds is 6. The quantitative estimate of drug-likeness (QED) is 0.788. The molecule has 0 aromatic heterocycles. The van der Waals surface area contributed by atoms with Gasteiger partial charge in [0.25, 0.3) is 5.91 Å². The van der Waals surface area contributed by atoms with E-state index in [1.165, 1.54) is 18.2 Å². The molecule has 0 radical (unpaired) electrons. The second-order valence-electron chi connectivity index (χ2n) is 4.87. The molecular weight excluding hydrogens is 315 g/mol. The third-order valence-electron chi connectivity index (χ3n) is 3.03. The number of ether oxygens (including phenoxy) is 2. The van der Waals surface area contributed by atoms with Crippen molar-refractivity contribution in [2.45, 2.75) is 6.42 Å². The van der Waals surface area contributed by atoms with E-state index in [9.17, 15) is 14.0 Å². The second kappa shape index (κ2) is 8.52. The normalized spacial score (nSPS) is 9.92. The summed E-state index contributed by atoms with van der Waals surface area (Å²) < 4.78 is 23.1. The first-order valence-corrected chi connectivity index (χ1v) is 7.16. The van der Waals surface area contributed by atoms with Crippen LogP contribution in [0.2, 0.25) is 0 Å². The summed E-state index contributed by atoms with van der Waals surface area (Å²) in [5.74, 6) is -0.459. The Balaban J connectivity index is 1.71. The molecule has 0 saturated heterocycles. The minimum atomic E-state index is -0.553. The van der Waals surface area contributed by atoms with Gasteiger partial charge < -0.3 is 9.47 Å². The summed E-state index contributed by atoms with van der Waals surface area (Å²) in [5.41, 5.74) is 5.29. The van der Waals surface area contributed by atoms with Crippen LogP contribution in [0.15, 0.2) is 48.5 Å². The zero-order valence-electron chi connectivity index (χ0n) is 13.0. The molecule has 2 N–H and O–H groups in total. The van der Waals surface area contributed by atoms with E-state index in [0.717, 1.165) is 11.6 Å². The number of benzene rings is 2. The van der Waals surface area contributed by atoms with Crippen molar-refractivity contribution in [2.75, 3.05) is 13.7 Å². The molecule has 0 bridgehead atoms. The number of amides is 2. The number of hydrogen-bond acceptors (Lipinski definition) is 4. The molecule has 2 aromatic rings. The SMILES string of the molecule is COc1ccc(CC(=O)NNC(=O)COc2cccc(F)c2)cc1. The molecule has 0 fully saturated rings. The maximum Gasteiger partial charge on any atom is 0.276 e. The first-order chi connectivity index (χ1) is 11.6. The fourth-order valence-corrected chi connectivity index (χ4v) is 1.85. The monoisotopic (exact) mass is 332 g/mol. The zero-order chi connectivity index (χ0) is 17.4.